The number of aromatic nitrogens is 1. The summed E-state index contributed by atoms with van der Waals surface area (Å²) < 4.78 is 5.26. The number of carbonyl (C=O) groups excluding carboxylic acids is 2. The van der Waals surface area contributed by atoms with Crippen LogP contribution in [0.2, 0.25) is 0 Å². The Morgan fingerprint density at radius 1 is 1.11 bits per heavy atom. The van der Waals surface area contributed by atoms with Crippen LogP contribution in [0, 0.1) is 13.8 Å². The number of benzene rings is 1. The molecule has 5 nitrogen and oxygen atoms in total. The van der Waals surface area contributed by atoms with Crippen molar-refractivity contribution in [2.45, 2.75) is 52.5 Å². The Morgan fingerprint density at radius 2 is 1.81 bits per heavy atom. The van der Waals surface area contributed by atoms with Gasteiger partial charge in [-0.25, -0.2) is 0 Å². The van der Waals surface area contributed by atoms with E-state index < -0.39 is 0 Å². The third kappa shape index (κ3) is 3.77. The molecule has 3 rings (SSSR count). The van der Waals surface area contributed by atoms with Gasteiger partial charge in [0.05, 0.1) is 13.2 Å². The minimum absolute atomic E-state index is 0.0112. The maximum Gasteiger partial charge on any atom is 0.271 e. The van der Waals surface area contributed by atoms with E-state index in [9.17, 15) is 9.59 Å². The number of hydrogen-bond acceptors (Lipinski definition) is 3. The molecule has 5 heteroatoms. The van der Waals surface area contributed by atoms with Gasteiger partial charge in [0.2, 0.25) is 0 Å². The maximum atomic E-state index is 13.4. The average Bonchev–Trinajstić information content (AvgIpc) is 2.83. The van der Waals surface area contributed by atoms with Crippen molar-refractivity contribution in [2.24, 2.45) is 0 Å². The van der Waals surface area contributed by atoms with E-state index in [1.54, 1.807) is 14.0 Å². The van der Waals surface area contributed by atoms with Crippen LogP contribution >= 0.6 is 0 Å². The van der Waals surface area contributed by atoms with Gasteiger partial charge in [-0.2, -0.15) is 0 Å². The van der Waals surface area contributed by atoms with Crippen molar-refractivity contribution in [3.8, 4) is 5.75 Å². The molecule has 144 valence electrons. The Hall–Kier alpha value is -2.56. The molecule has 0 radical (unpaired) electrons. The van der Waals surface area contributed by atoms with Crippen molar-refractivity contribution in [1.82, 2.24) is 9.88 Å². The summed E-state index contributed by atoms with van der Waals surface area (Å²) in [7, 11) is 1.65. The van der Waals surface area contributed by atoms with Gasteiger partial charge in [-0.15, -0.1) is 0 Å². The number of H-pyrrole nitrogens is 1. The highest BCUT2D eigenvalue weighted by Crippen LogP contribution is 2.33. The Balaban J connectivity index is 1.96. The number of amides is 1. The Kier molecular flexibility index (Phi) is 5.68. The molecule has 0 spiro atoms. The summed E-state index contributed by atoms with van der Waals surface area (Å²) >= 11 is 0. The molecule has 2 aromatic rings. The first-order valence-corrected chi connectivity index (χ1v) is 9.59. The Bertz CT molecular complexity index is 836. The zero-order valence-electron chi connectivity index (χ0n) is 16.6. The van der Waals surface area contributed by atoms with Gasteiger partial charge in [-0.3, -0.25) is 9.59 Å². The number of nitrogens with zero attached hydrogens (tertiary/aromatic N) is 1. The minimum Gasteiger partial charge on any atom is -0.497 e. The molecule has 0 bridgehead atoms. The standard InChI is InChI=1S/C22H28N2O3/c1-14-20(16(3)25)15(2)23-21(14)22(26)24-13-7-5-6-8-19(24)17-9-11-18(27-4)12-10-17/h9-12,19,23H,5-8,13H2,1-4H3. The summed E-state index contributed by atoms with van der Waals surface area (Å²) in [5.41, 5.74) is 3.81. The summed E-state index contributed by atoms with van der Waals surface area (Å²) in [5, 5.41) is 0. The smallest absolute Gasteiger partial charge is 0.271 e. The zero-order valence-corrected chi connectivity index (χ0v) is 16.6. The predicted molar refractivity (Wildman–Crippen MR) is 106 cm³/mol. The van der Waals surface area contributed by atoms with Gasteiger partial charge < -0.3 is 14.6 Å². The first kappa shape index (κ1) is 19.2. The normalized spacial score (nSPS) is 17.5. The molecular weight excluding hydrogens is 340 g/mol. The molecule has 1 aliphatic heterocycles. The van der Waals surface area contributed by atoms with E-state index in [0.717, 1.165) is 54.8 Å². The van der Waals surface area contributed by atoms with Crippen LogP contribution in [-0.4, -0.2) is 35.2 Å². The molecule has 2 heterocycles. The van der Waals surface area contributed by atoms with Gasteiger partial charge in [0.15, 0.2) is 5.78 Å². The van der Waals surface area contributed by atoms with Gasteiger partial charge in [0.25, 0.3) is 5.91 Å². The topological polar surface area (TPSA) is 62.4 Å². The van der Waals surface area contributed by atoms with E-state index in [-0.39, 0.29) is 17.7 Å². The van der Waals surface area contributed by atoms with Crippen LogP contribution in [0.25, 0.3) is 0 Å². The van der Waals surface area contributed by atoms with Gasteiger partial charge >= 0.3 is 0 Å². The largest absolute Gasteiger partial charge is 0.497 e. The highest BCUT2D eigenvalue weighted by molar-refractivity contribution is 6.02. The minimum atomic E-state index is -0.0224. The second kappa shape index (κ2) is 7.99. The third-order valence-corrected chi connectivity index (χ3v) is 5.52. The monoisotopic (exact) mass is 368 g/mol. The van der Waals surface area contributed by atoms with Crippen molar-refractivity contribution in [1.29, 1.82) is 0 Å². The van der Waals surface area contributed by atoms with Crippen LogP contribution in [0.15, 0.2) is 24.3 Å². The molecule has 1 N–H and O–H groups in total. The lowest BCUT2D eigenvalue weighted by atomic mass is 9.99. The molecule has 1 amide bonds. The number of nitrogens with one attached hydrogen (secondary N) is 1. The molecule has 1 aromatic carbocycles. The van der Waals surface area contributed by atoms with Crippen molar-refractivity contribution >= 4 is 11.7 Å². The summed E-state index contributed by atoms with van der Waals surface area (Å²) in [6.07, 6.45) is 4.16. The Labute approximate surface area is 160 Å². The summed E-state index contributed by atoms with van der Waals surface area (Å²) in [6.45, 7) is 5.98. The van der Waals surface area contributed by atoms with Gasteiger partial charge in [-0.1, -0.05) is 25.0 Å². The lowest BCUT2D eigenvalue weighted by Gasteiger charge is -2.30. The highest BCUT2D eigenvalue weighted by atomic mass is 16.5. The SMILES string of the molecule is COc1ccc(C2CCCCCN2C(=O)c2[nH]c(C)c(C(C)=O)c2C)cc1. The number of hydrogen-bond donors (Lipinski definition) is 1. The fourth-order valence-electron chi connectivity index (χ4n) is 4.16. The van der Waals surface area contributed by atoms with Gasteiger partial charge in [-0.05, 0) is 56.9 Å². The third-order valence-electron chi connectivity index (χ3n) is 5.52. The van der Waals surface area contributed by atoms with E-state index in [2.05, 4.69) is 4.98 Å². The second-order valence-corrected chi connectivity index (χ2v) is 7.32. The number of rotatable bonds is 4. The van der Waals surface area contributed by atoms with Crippen molar-refractivity contribution in [2.75, 3.05) is 13.7 Å². The molecule has 0 saturated carbocycles. The fraction of sp³-hybridized carbons (Fsp3) is 0.455. The lowest BCUT2D eigenvalue weighted by molar-refractivity contribution is 0.0674. The first-order valence-electron chi connectivity index (χ1n) is 9.59. The summed E-state index contributed by atoms with van der Waals surface area (Å²) in [6, 6.07) is 8.02. The van der Waals surface area contributed by atoms with Crippen molar-refractivity contribution in [3.63, 3.8) is 0 Å². The first-order chi connectivity index (χ1) is 12.9. The van der Waals surface area contributed by atoms with E-state index >= 15 is 0 Å². The quantitative estimate of drug-likeness (QED) is 0.802. The molecule has 1 fully saturated rings. The molecule has 1 atom stereocenters. The fourth-order valence-corrected chi connectivity index (χ4v) is 4.16. The van der Waals surface area contributed by atoms with Crippen LogP contribution in [0.3, 0.4) is 0 Å². The molecule has 27 heavy (non-hydrogen) atoms. The molecule has 1 aliphatic rings. The summed E-state index contributed by atoms with van der Waals surface area (Å²) in [4.78, 5) is 30.5. The van der Waals surface area contributed by atoms with Crippen LogP contribution in [0.5, 0.6) is 5.75 Å². The van der Waals surface area contributed by atoms with Crippen molar-refractivity contribution in [3.05, 3.63) is 52.3 Å². The van der Waals surface area contributed by atoms with E-state index in [1.807, 2.05) is 43.0 Å². The lowest BCUT2D eigenvalue weighted by Crippen LogP contribution is -2.35. The van der Waals surface area contributed by atoms with E-state index in [1.165, 1.54) is 0 Å². The predicted octanol–water partition coefficient (Wildman–Crippen LogP) is 4.60. The number of carbonyl (C=O) groups is 2. The second-order valence-electron chi connectivity index (χ2n) is 7.32. The number of methoxy groups -OCH3 is 1. The number of aromatic amines is 1. The zero-order chi connectivity index (χ0) is 19.6. The molecule has 1 aromatic heterocycles. The number of ether oxygens (including phenoxy) is 1. The Morgan fingerprint density at radius 3 is 2.41 bits per heavy atom. The van der Waals surface area contributed by atoms with Crippen LogP contribution in [-0.2, 0) is 0 Å². The van der Waals surface area contributed by atoms with Crippen molar-refractivity contribution < 1.29 is 14.3 Å². The molecule has 1 saturated heterocycles. The molecular formula is C22H28N2O3. The summed E-state index contributed by atoms with van der Waals surface area (Å²) in [5.74, 6) is 0.779. The number of ketones is 1. The maximum absolute atomic E-state index is 13.4. The molecule has 1 unspecified atom stereocenters. The number of aryl methyl sites for hydroxylation is 1. The van der Waals surface area contributed by atoms with E-state index in [0.29, 0.717) is 11.3 Å². The average molecular weight is 368 g/mol. The highest BCUT2D eigenvalue weighted by Gasteiger charge is 2.30. The van der Waals surface area contributed by atoms with Crippen LogP contribution in [0.4, 0.5) is 0 Å². The van der Waals surface area contributed by atoms with Crippen LogP contribution < -0.4 is 4.74 Å². The van der Waals surface area contributed by atoms with Gasteiger partial charge in [0.1, 0.15) is 11.4 Å². The molecule has 0 aliphatic carbocycles. The number of Topliss-reactive ketones (excluding diaryl/α,β-unsaturated/α-hetero) is 1. The number of likely N-dealkylation sites (tertiary alicyclic amines) is 1. The van der Waals surface area contributed by atoms with E-state index in [4.69, 9.17) is 4.74 Å². The van der Waals surface area contributed by atoms with Crippen LogP contribution in [0.1, 0.15) is 76.3 Å². The van der Waals surface area contributed by atoms with Gasteiger partial charge in [0, 0.05) is 17.8 Å².